The molecule has 0 N–H and O–H groups in total. The van der Waals surface area contributed by atoms with Gasteiger partial charge in [-0.05, 0) is 25.3 Å². The lowest BCUT2D eigenvalue weighted by Crippen LogP contribution is -1.95. The van der Waals surface area contributed by atoms with Gasteiger partial charge in [0.1, 0.15) is 0 Å². The molecule has 0 fully saturated rings. The van der Waals surface area contributed by atoms with Crippen molar-refractivity contribution in [3.8, 4) is 0 Å². The minimum atomic E-state index is 0.141. The standard InChI is InChI=1S/C11H14O/c1-8-4-6-9(2)11(7-5-8)10(3)12/h4-8H,1-3H3. The average molecular weight is 162 g/mol. The Bertz CT molecular complexity index is 279. The third kappa shape index (κ3) is 1.94. The minimum Gasteiger partial charge on any atom is -0.295 e. The Morgan fingerprint density at radius 1 is 1.33 bits per heavy atom. The van der Waals surface area contributed by atoms with Gasteiger partial charge in [-0.15, -0.1) is 0 Å². The fourth-order valence-corrected chi connectivity index (χ4v) is 1.22. The highest BCUT2D eigenvalue weighted by Crippen LogP contribution is 2.15. The molecule has 0 amide bonds. The fraction of sp³-hybridized carbons (Fsp3) is 0.364. The maximum Gasteiger partial charge on any atom is 0.160 e. The Kier molecular flexibility index (Phi) is 2.64. The van der Waals surface area contributed by atoms with E-state index in [1.807, 2.05) is 25.2 Å². The molecule has 0 aromatic carbocycles. The van der Waals surface area contributed by atoms with Gasteiger partial charge in [-0.2, -0.15) is 0 Å². The molecule has 0 radical (unpaired) electrons. The molecule has 12 heavy (non-hydrogen) atoms. The van der Waals surface area contributed by atoms with Crippen molar-refractivity contribution in [2.24, 2.45) is 5.92 Å². The molecule has 0 bridgehead atoms. The number of ketones is 1. The van der Waals surface area contributed by atoms with Gasteiger partial charge in [-0.25, -0.2) is 0 Å². The second-order valence-electron chi connectivity index (χ2n) is 3.23. The Morgan fingerprint density at radius 3 is 2.50 bits per heavy atom. The monoisotopic (exact) mass is 162 g/mol. The first-order chi connectivity index (χ1) is 5.61. The van der Waals surface area contributed by atoms with Crippen LogP contribution in [0.1, 0.15) is 20.8 Å². The van der Waals surface area contributed by atoms with Gasteiger partial charge < -0.3 is 0 Å². The van der Waals surface area contributed by atoms with E-state index in [0.717, 1.165) is 11.1 Å². The smallest absolute Gasteiger partial charge is 0.160 e. The van der Waals surface area contributed by atoms with Gasteiger partial charge in [0.05, 0.1) is 0 Å². The lowest BCUT2D eigenvalue weighted by Gasteiger charge is -1.97. The van der Waals surface area contributed by atoms with Crippen LogP contribution in [0.15, 0.2) is 35.5 Å². The van der Waals surface area contributed by atoms with Gasteiger partial charge in [0.15, 0.2) is 5.78 Å². The molecule has 1 aliphatic carbocycles. The summed E-state index contributed by atoms with van der Waals surface area (Å²) in [5.41, 5.74) is 1.89. The van der Waals surface area contributed by atoms with Crippen molar-refractivity contribution in [3.63, 3.8) is 0 Å². The highest BCUT2D eigenvalue weighted by Gasteiger charge is 2.05. The quantitative estimate of drug-likeness (QED) is 0.579. The predicted molar refractivity (Wildman–Crippen MR) is 50.8 cm³/mol. The van der Waals surface area contributed by atoms with Crippen molar-refractivity contribution < 1.29 is 4.79 Å². The molecule has 0 saturated carbocycles. The molecule has 1 heteroatoms. The van der Waals surface area contributed by atoms with Gasteiger partial charge in [0.2, 0.25) is 0 Å². The van der Waals surface area contributed by atoms with Crippen LogP contribution in [0.2, 0.25) is 0 Å². The third-order valence-electron chi connectivity index (χ3n) is 2.02. The second-order valence-corrected chi connectivity index (χ2v) is 3.23. The number of Topliss-reactive ketones (excluding diaryl/α,β-unsaturated/α-hetero) is 1. The molecule has 1 aliphatic rings. The van der Waals surface area contributed by atoms with Crippen molar-refractivity contribution in [1.29, 1.82) is 0 Å². The molecule has 0 aromatic heterocycles. The zero-order valence-electron chi connectivity index (χ0n) is 7.79. The van der Waals surface area contributed by atoms with Crippen LogP contribution in [0.5, 0.6) is 0 Å². The predicted octanol–water partition coefficient (Wildman–Crippen LogP) is 2.65. The molecule has 0 aliphatic heterocycles. The highest BCUT2D eigenvalue weighted by atomic mass is 16.1. The largest absolute Gasteiger partial charge is 0.295 e. The molecule has 0 heterocycles. The molecule has 64 valence electrons. The van der Waals surface area contributed by atoms with E-state index in [1.54, 1.807) is 6.92 Å². The summed E-state index contributed by atoms with van der Waals surface area (Å²) < 4.78 is 0. The summed E-state index contributed by atoms with van der Waals surface area (Å²) in [6, 6.07) is 0. The zero-order chi connectivity index (χ0) is 9.14. The van der Waals surface area contributed by atoms with Crippen LogP contribution in [0, 0.1) is 5.92 Å². The van der Waals surface area contributed by atoms with Crippen molar-refractivity contribution in [2.45, 2.75) is 20.8 Å². The van der Waals surface area contributed by atoms with Crippen molar-refractivity contribution in [3.05, 3.63) is 35.5 Å². The molecular weight excluding hydrogens is 148 g/mol. The number of rotatable bonds is 1. The van der Waals surface area contributed by atoms with Crippen molar-refractivity contribution >= 4 is 5.78 Å². The summed E-state index contributed by atoms with van der Waals surface area (Å²) in [5, 5.41) is 0. The first kappa shape index (κ1) is 8.98. The van der Waals surface area contributed by atoms with Crippen molar-refractivity contribution in [2.75, 3.05) is 0 Å². The SMILES string of the molecule is CC(=O)C1=C(C)C=CC(C)C=C1. The van der Waals surface area contributed by atoms with Gasteiger partial charge >= 0.3 is 0 Å². The Labute approximate surface area is 73.5 Å². The summed E-state index contributed by atoms with van der Waals surface area (Å²) >= 11 is 0. The molecule has 0 saturated heterocycles. The Hall–Kier alpha value is -1.11. The van der Waals surface area contributed by atoms with E-state index in [1.165, 1.54) is 0 Å². The van der Waals surface area contributed by atoms with E-state index in [0.29, 0.717) is 5.92 Å². The summed E-state index contributed by atoms with van der Waals surface area (Å²) in [7, 11) is 0. The average Bonchev–Trinajstić information content (AvgIpc) is 2.14. The van der Waals surface area contributed by atoms with E-state index in [-0.39, 0.29) is 5.78 Å². The van der Waals surface area contributed by atoms with E-state index < -0.39 is 0 Å². The van der Waals surface area contributed by atoms with Gasteiger partial charge in [0.25, 0.3) is 0 Å². The maximum atomic E-state index is 11.1. The molecule has 0 spiro atoms. The first-order valence-corrected chi connectivity index (χ1v) is 4.19. The van der Waals surface area contributed by atoms with Gasteiger partial charge in [0, 0.05) is 5.57 Å². The summed E-state index contributed by atoms with van der Waals surface area (Å²) in [4.78, 5) is 11.1. The summed E-state index contributed by atoms with van der Waals surface area (Å²) in [6.45, 7) is 5.67. The van der Waals surface area contributed by atoms with E-state index in [2.05, 4.69) is 13.0 Å². The summed E-state index contributed by atoms with van der Waals surface area (Å²) in [6.07, 6.45) is 8.08. The van der Waals surface area contributed by atoms with Crippen LogP contribution in [0.3, 0.4) is 0 Å². The summed E-state index contributed by atoms with van der Waals surface area (Å²) in [5.74, 6) is 0.569. The number of carbonyl (C=O) groups is 1. The Balaban J connectivity index is 3.04. The minimum absolute atomic E-state index is 0.141. The van der Waals surface area contributed by atoms with Crippen LogP contribution in [-0.4, -0.2) is 5.78 Å². The lowest BCUT2D eigenvalue weighted by atomic mass is 10.1. The molecule has 1 rings (SSSR count). The number of carbonyl (C=O) groups excluding carboxylic acids is 1. The maximum absolute atomic E-state index is 11.1. The van der Waals surface area contributed by atoms with Gasteiger partial charge in [-0.3, -0.25) is 4.79 Å². The first-order valence-electron chi connectivity index (χ1n) is 4.19. The molecule has 1 atom stereocenters. The van der Waals surface area contributed by atoms with Crippen LogP contribution in [0.4, 0.5) is 0 Å². The lowest BCUT2D eigenvalue weighted by molar-refractivity contribution is -0.113. The van der Waals surface area contributed by atoms with Crippen LogP contribution in [0.25, 0.3) is 0 Å². The topological polar surface area (TPSA) is 17.1 Å². The van der Waals surface area contributed by atoms with E-state index in [9.17, 15) is 4.79 Å². The van der Waals surface area contributed by atoms with Crippen molar-refractivity contribution in [1.82, 2.24) is 0 Å². The number of allylic oxidation sites excluding steroid dienone is 6. The third-order valence-corrected chi connectivity index (χ3v) is 2.02. The molecule has 1 nitrogen and oxygen atoms in total. The Morgan fingerprint density at radius 2 is 1.92 bits per heavy atom. The molecule has 1 unspecified atom stereocenters. The normalized spacial score (nSPS) is 22.8. The molecular formula is C11H14O. The van der Waals surface area contributed by atoms with Gasteiger partial charge in [-0.1, -0.05) is 31.2 Å². The second kappa shape index (κ2) is 3.53. The fourth-order valence-electron chi connectivity index (χ4n) is 1.22. The van der Waals surface area contributed by atoms with E-state index in [4.69, 9.17) is 0 Å². The van der Waals surface area contributed by atoms with Crippen LogP contribution < -0.4 is 0 Å². The number of hydrogen-bond acceptors (Lipinski definition) is 1. The number of hydrogen-bond donors (Lipinski definition) is 0. The van der Waals surface area contributed by atoms with Crippen LogP contribution >= 0.6 is 0 Å². The molecule has 0 aromatic rings. The highest BCUT2D eigenvalue weighted by molar-refractivity contribution is 5.97. The van der Waals surface area contributed by atoms with Crippen LogP contribution in [-0.2, 0) is 4.79 Å². The van der Waals surface area contributed by atoms with E-state index >= 15 is 0 Å². The zero-order valence-corrected chi connectivity index (χ0v) is 7.79.